The molecule has 0 aliphatic carbocycles. The van der Waals surface area contributed by atoms with Crippen molar-refractivity contribution in [2.45, 2.75) is 23.6 Å². The largest absolute Gasteiger partial charge is 0.379 e. The second-order valence-corrected chi connectivity index (χ2v) is 13.1. The second-order valence-electron chi connectivity index (χ2n) is 9.08. The summed E-state index contributed by atoms with van der Waals surface area (Å²) in [6.45, 7) is 3.74. The molecule has 41 heavy (non-hydrogen) atoms. The van der Waals surface area contributed by atoms with Crippen LogP contribution in [0.25, 0.3) is 16.3 Å². The predicted octanol–water partition coefficient (Wildman–Crippen LogP) is 6.48. The quantitative estimate of drug-likeness (QED) is 0.134. The molecule has 1 aliphatic rings. The van der Waals surface area contributed by atoms with Gasteiger partial charge in [-0.1, -0.05) is 71.0 Å². The maximum absolute atomic E-state index is 13.0. The zero-order valence-electron chi connectivity index (χ0n) is 21.8. The van der Waals surface area contributed by atoms with Gasteiger partial charge in [0.15, 0.2) is 0 Å². The van der Waals surface area contributed by atoms with Crippen LogP contribution in [0.3, 0.4) is 0 Å². The highest BCUT2D eigenvalue weighted by molar-refractivity contribution is 8.07. The molecule has 0 radical (unpaired) electrons. The predicted molar refractivity (Wildman–Crippen MR) is 159 cm³/mol. The molecule has 0 saturated heterocycles. The van der Waals surface area contributed by atoms with Gasteiger partial charge in [-0.15, -0.1) is 0 Å². The van der Waals surface area contributed by atoms with Crippen LogP contribution >= 0.6 is 11.8 Å². The Hall–Kier alpha value is -4.37. The molecule has 1 aliphatic heterocycles. The average molecular weight is 603 g/mol. The number of nitriles is 1. The minimum atomic E-state index is -4.31. The molecule has 8 nitrogen and oxygen atoms in total. The third-order valence-electron chi connectivity index (χ3n) is 6.22. The molecule has 11 heteroatoms. The number of rotatable bonds is 7. The summed E-state index contributed by atoms with van der Waals surface area (Å²) in [7, 11) is -8.35. The monoisotopic (exact) mass is 602 g/mol. The Labute approximate surface area is 242 Å². The summed E-state index contributed by atoms with van der Waals surface area (Å²) in [5.74, 6) is 0.0862. The molecule has 0 unspecified atom stereocenters. The van der Waals surface area contributed by atoms with Gasteiger partial charge in [-0.2, -0.15) is 22.1 Å². The number of fused-ring (bicyclic) bond motifs is 1. The molecule has 4 aromatic rings. The van der Waals surface area contributed by atoms with E-state index < -0.39 is 20.2 Å². The third kappa shape index (κ3) is 6.05. The Morgan fingerprint density at radius 3 is 2.24 bits per heavy atom. The van der Waals surface area contributed by atoms with Crippen molar-refractivity contribution in [1.82, 2.24) is 0 Å². The Bertz CT molecular complexity index is 2020. The van der Waals surface area contributed by atoms with E-state index >= 15 is 0 Å². The number of benzene rings is 4. The number of hydrogen-bond donors (Lipinski definition) is 0. The van der Waals surface area contributed by atoms with E-state index in [1.165, 1.54) is 54.2 Å². The lowest BCUT2D eigenvalue weighted by atomic mass is 10.0. The van der Waals surface area contributed by atoms with E-state index in [2.05, 4.69) is 11.2 Å². The van der Waals surface area contributed by atoms with Gasteiger partial charge in [-0.05, 0) is 83.6 Å². The molecule has 0 N–H and O–H groups in total. The minimum absolute atomic E-state index is 0.0257. The van der Waals surface area contributed by atoms with Crippen molar-refractivity contribution in [2.75, 3.05) is 0 Å². The average Bonchev–Trinajstić information content (AvgIpc) is 3.41. The number of allylic oxidation sites excluding steroid dienone is 3. The van der Waals surface area contributed by atoms with E-state index in [1.54, 1.807) is 29.7 Å². The lowest BCUT2D eigenvalue weighted by Gasteiger charge is -2.09. The van der Waals surface area contributed by atoms with E-state index in [-0.39, 0.29) is 21.3 Å². The first kappa shape index (κ1) is 28.2. The van der Waals surface area contributed by atoms with E-state index in [0.29, 0.717) is 21.3 Å². The van der Waals surface area contributed by atoms with E-state index in [9.17, 15) is 22.1 Å². The Morgan fingerprint density at radius 2 is 1.51 bits per heavy atom. The molecule has 0 bridgehead atoms. The van der Waals surface area contributed by atoms with Crippen molar-refractivity contribution in [3.63, 3.8) is 0 Å². The van der Waals surface area contributed by atoms with Crippen LogP contribution in [0.5, 0.6) is 5.75 Å². The van der Waals surface area contributed by atoms with Crippen LogP contribution in [0.15, 0.2) is 116 Å². The van der Waals surface area contributed by atoms with Gasteiger partial charge in [0.1, 0.15) is 27.3 Å². The summed E-state index contributed by atoms with van der Waals surface area (Å²) in [4.78, 5) is 0.371. The number of aryl methyl sites for hydroxylation is 2. The molecular formula is C30H22N2O6S3. The van der Waals surface area contributed by atoms with Crippen molar-refractivity contribution in [2.24, 2.45) is 5.16 Å². The molecule has 0 amide bonds. The zero-order valence-corrected chi connectivity index (χ0v) is 24.3. The van der Waals surface area contributed by atoms with Crippen molar-refractivity contribution < 1.29 is 25.3 Å². The Kier molecular flexibility index (Phi) is 7.73. The maximum Gasteiger partial charge on any atom is 0.358 e. The van der Waals surface area contributed by atoms with Gasteiger partial charge < -0.3 is 4.18 Å². The van der Waals surface area contributed by atoms with Crippen molar-refractivity contribution >= 4 is 54.1 Å². The summed E-state index contributed by atoms with van der Waals surface area (Å²) in [6.07, 6.45) is 1.58. The van der Waals surface area contributed by atoms with Crippen LogP contribution in [0.4, 0.5) is 0 Å². The normalized spacial score (nSPS) is 15.6. The first-order valence-corrected chi connectivity index (χ1v) is 15.9. The molecule has 0 atom stereocenters. The molecule has 206 valence electrons. The number of nitrogens with zero attached hydrogens (tertiary/aromatic N) is 2. The fraction of sp³-hybridized carbons (Fsp3) is 0.0667. The molecule has 1 heterocycles. The van der Waals surface area contributed by atoms with E-state index in [0.717, 1.165) is 16.7 Å². The number of thioether (sulfide) groups is 1. The van der Waals surface area contributed by atoms with Crippen molar-refractivity contribution in [3.8, 4) is 11.8 Å². The Balaban J connectivity index is 1.39. The smallest absolute Gasteiger partial charge is 0.358 e. The van der Waals surface area contributed by atoms with Crippen LogP contribution in [0.1, 0.15) is 16.7 Å². The lowest BCUT2D eigenvalue weighted by molar-refractivity contribution is 0.339. The topological polar surface area (TPSA) is 123 Å². The summed E-state index contributed by atoms with van der Waals surface area (Å²) in [5, 5.41) is 16.5. The van der Waals surface area contributed by atoms with Gasteiger partial charge in [-0.25, -0.2) is 0 Å². The SMILES string of the molecule is Cc1ccc(S(=O)(=O)Oc2ccc3cc(S(=O)(=O)O/N=C4/C=CS/C4=C(/C#N)c4ccccc4C)ccc3c2)cc1. The maximum atomic E-state index is 13.0. The molecule has 5 rings (SSSR count). The van der Waals surface area contributed by atoms with E-state index in [4.69, 9.17) is 8.47 Å². The first-order valence-electron chi connectivity index (χ1n) is 12.2. The van der Waals surface area contributed by atoms with Gasteiger partial charge in [0, 0.05) is 0 Å². The van der Waals surface area contributed by atoms with E-state index in [1.807, 2.05) is 38.1 Å². The van der Waals surface area contributed by atoms with Gasteiger partial charge in [0.2, 0.25) is 0 Å². The van der Waals surface area contributed by atoms with Crippen LogP contribution in [0.2, 0.25) is 0 Å². The summed E-state index contributed by atoms with van der Waals surface area (Å²) in [6, 6.07) is 24.6. The molecule has 0 aromatic heterocycles. The van der Waals surface area contributed by atoms with Gasteiger partial charge in [-0.3, -0.25) is 4.28 Å². The van der Waals surface area contributed by atoms with Crippen LogP contribution < -0.4 is 4.18 Å². The van der Waals surface area contributed by atoms with Gasteiger partial charge in [0.05, 0.1) is 10.5 Å². The second kappa shape index (κ2) is 11.2. The van der Waals surface area contributed by atoms with Crippen LogP contribution in [-0.4, -0.2) is 22.5 Å². The number of oxime groups is 1. The summed E-state index contributed by atoms with van der Waals surface area (Å²) >= 11 is 1.26. The third-order valence-corrected chi connectivity index (χ3v) is 9.50. The molecule has 0 spiro atoms. The summed E-state index contributed by atoms with van der Waals surface area (Å²) in [5.41, 5.74) is 3.12. The highest BCUT2D eigenvalue weighted by atomic mass is 32.2. The minimum Gasteiger partial charge on any atom is -0.379 e. The van der Waals surface area contributed by atoms with Crippen LogP contribution in [-0.2, 0) is 24.5 Å². The fourth-order valence-corrected chi connectivity index (χ4v) is 6.60. The Morgan fingerprint density at radius 1 is 0.829 bits per heavy atom. The zero-order chi connectivity index (χ0) is 29.2. The van der Waals surface area contributed by atoms with Crippen molar-refractivity contribution in [3.05, 3.63) is 118 Å². The van der Waals surface area contributed by atoms with Gasteiger partial charge >= 0.3 is 20.2 Å². The molecule has 0 fully saturated rings. The molecular weight excluding hydrogens is 581 g/mol. The van der Waals surface area contributed by atoms with Crippen molar-refractivity contribution in [1.29, 1.82) is 5.26 Å². The van der Waals surface area contributed by atoms with Gasteiger partial charge in [0.25, 0.3) is 0 Å². The number of hydrogen-bond acceptors (Lipinski definition) is 9. The highest BCUT2D eigenvalue weighted by Gasteiger charge is 2.23. The first-order chi connectivity index (χ1) is 19.6. The fourth-order valence-electron chi connectivity index (χ4n) is 4.07. The lowest BCUT2D eigenvalue weighted by Crippen LogP contribution is -2.09. The standard InChI is InChI=1S/C30H22N2O6S3/c1-20-7-12-25(13-8-20)40(33,34)37-24-11-9-23-18-26(14-10-22(23)17-24)41(35,36)38-32-29-15-16-39-30(29)28(19-31)27-6-4-3-5-21(27)2/h3-18H,1-2H3/b30-28-,32-29-. The summed E-state index contributed by atoms with van der Waals surface area (Å²) < 4.78 is 61.6. The molecule has 0 saturated carbocycles. The molecule has 4 aromatic carbocycles. The van der Waals surface area contributed by atoms with Crippen LogP contribution in [0, 0.1) is 25.2 Å². The highest BCUT2D eigenvalue weighted by Crippen LogP contribution is 2.35.